The van der Waals surface area contributed by atoms with Crippen molar-refractivity contribution in [2.45, 2.75) is 80.1 Å². The molecule has 0 radical (unpaired) electrons. The number of rotatable bonds is 8. The Kier molecular flexibility index (Phi) is 15.5. The summed E-state index contributed by atoms with van der Waals surface area (Å²) in [4.78, 5) is 21.1. The Bertz CT molecular complexity index is 1190. The summed E-state index contributed by atoms with van der Waals surface area (Å²) >= 11 is 0. The number of hydrogen-bond donors (Lipinski definition) is 3. The molecule has 1 amide bonds. The number of hydrogen-bond acceptors (Lipinski definition) is 6. The van der Waals surface area contributed by atoms with Gasteiger partial charge in [-0.15, -0.1) is 0 Å². The van der Waals surface area contributed by atoms with Crippen LogP contribution in [0.2, 0.25) is 0 Å². The number of aromatic nitrogens is 3. The number of phenols is 1. The van der Waals surface area contributed by atoms with Crippen LogP contribution in [0.25, 0.3) is 22.7 Å². The monoisotopic (exact) mass is 539 g/mol. The third-order valence-corrected chi connectivity index (χ3v) is 6.39. The number of aromatic hydroxyl groups is 1. The molecule has 216 valence electrons. The molecule has 1 aromatic carbocycles. The van der Waals surface area contributed by atoms with Gasteiger partial charge in [0, 0.05) is 37.7 Å². The zero-order valence-corrected chi connectivity index (χ0v) is 25.0. The number of anilines is 1. The molecular weight excluding hydrogens is 490 g/mol. The first-order valence-electron chi connectivity index (χ1n) is 14.4. The second-order valence-corrected chi connectivity index (χ2v) is 8.75. The molecule has 3 aromatic rings. The summed E-state index contributed by atoms with van der Waals surface area (Å²) in [5.74, 6) is 1.48. The van der Waals surface area contributed by atoms with Crippen LogP contribution in [-0.4, -0.2) is 55.8 Å². The van der Waals surface area contributed by atoms with E-state index in [1.165, 1.54) is 0 Å². The van der Waals surface area contributed by atoms with Crippen LogP contribution in [0.1, 0.15) is 89.9 Å². The molecule has 0 saturated heterocycles. The van der Waals surface area contributed by atoms with Crippen molar-refractivity contribution in [3.63, 3.8) is 0 Å². The molecule has 0 atom stereocenters. The van der Waals surface area contributed by atoms with E-state index in [1.807, 2.05) is 70.5 Å². The van der Waals surface area contributed by atoms with Crippen molar-refractivity contribution < 1.29 is 15.0 Å². The second kappa shape index (κ2) is 18.0. The zero-order valence-electron chi connectivity index (χ0n) is 25.0. The first-order valence-corrected chi connectivity index (χ1v) is 14.4. The van der Waals surface area contributed by atoms with Gasteiger partial charge in [0.25, 0.3) is 0 Å². The number of phenolic OH excluding ortho intramolecular Hbond substituents is 1. The number of para-hydroxylation sites is 1. The van der Waals surface area contributed by atoms with Gasteiger partial charge in [0.05, 0.1) is 17.8 Å². The van der Waals surface area contributed by atoms with Gasteiger partial charge in [-0.1, -0.05) is 59.2 Å². The summed E-state index contributed by atoms with van der Waals surface area (Å²) in [6.45, 7) is 13.9. The van der Waals surface area contributed by atoms with Gasteiger partial charge in [0.2, 0.25) is 6.41 Å². The number of imidazole rings is 1. The number of benzene rings is 1. The number of fused-ring (bicyclic) bond motifs is 3. The lowest BCUT2D eigenvalue weighted by molar-refractivity contribution is -0.118. The van der Waals surface area contributed by atoms with Crippen LogP contribution in [0.3, 0.4) is 0 Å². The van der Waals surface area contributed by atoms with E-state index in [9.17, 15) is 15.0 Å². The van der Waals surface area contributed by atoms with Crippen molar-refractivity contribution in [3.8, 4) is 5.75 Å². The number of aliphatic hydroxyl groups excluding tert-OH is 1. The lowest BCUT2D eigenvalue weighted by Gasteiger charge is -2.12. The Hall–Kier alpha value is -3.39. The topological polar surface area (TPSA) is 118 Å². The van der Waals surface area contributed by atoms with Gasteiger partial charge in [0.1, 0.15) is 17.1 Å². The van der Waals surface area contributed by atoms with E-state index in [2.05, 4.69) is 16.9 Å². The van der Waals surface area contributed by atoms with E-state index < -0.39 is 0 Å². The first-order chi connectivity index (χ1) is 18.9. The average Bonchev–Trinajstić information content (AvgIpc) is 3.15. The van der Waals surface area contributed by atoms with Crippen molar-refractivity contribution in [2.24, 2.45) is 7.05 Å². The van der Waals surface area contributed by atoms with Crippen molar-refractivity contribution in [3.05, 3.63) is 46.9 Å². The number of aliphatic hydroxyl groups is 1. The number of nitrogens with two attached hydrogens (primary N) is 1. The second-order valence-electron chi connectivity index (χ2n) is 8.75. The molecule has 4 N–H and O–H groups in total. The van der Waals surface area contributed by atoms with Gasteiger partial charge in [-0.05, 0) is 50.3 Å². The molecule has 1 aliphatic rings. The number of carbonyl (C=O) groups is 1. The van der Waals surface area contributed by atoms with Crippen LogP contribution < -0.4 is 5.73 Å². The fraction of sp³-hybridized carbons (Fsp3) is 0.516. The van der Waals surface area contributed by atoms with Crippen LogP contribution >= 0.6 is 0 Å². The van der Waals surface area contributed by atoms with Crippen LogP contribution in [0.4, 0.5) is 5.82 Å². The van der Waals surface area contributed by atoms with E-state index in [1.54, 1.807) is 11.0 Å². The molecule has 0 saturated carbocycles. The SMILES string of the molecule is CC.CC.CCCCN(C=O)CC.Cn1c(CCO)nc2c(N)nc3c(c21)CCCC(c1ccccc1O)=C3. The van der Waals surface area contributed by atoms with Crippen molar-refractivity contribution >= 4 is 34.9 Å². The maximum Gasteiger partial charge on any atom is 0.209 e. The number of nitrogens with zero attached hydrogens (tertiary/aromatic N) is 4. The quantitative estimate of drug-likeness (QED) is 0.303. The number of amides is 1. The maximum absolute atomic E-state index is 10.2. The highest BCUT2D eigenvalue weighted by molar-refractivity contribution is 5.93. The number of nitrogen functional groups attached to an aromatic ring is 1. The Morgan fingerprint density at radius 2 is 1.79 bits per heavy atom. The number of allylic oxidation sites excluding steroid dienone is 1. The molecular formula is C31H49N5O3. The highest BCUT2D eigenvalue weighted by Gasteiger charge is 2.21. The Morgan fingerprint density at radius 1 is 1.10 bits per heavy atom. The minimum Gasteiger partial charge on any atom is -0.507 e. The highest BCUT2D eigenvalue weighted by atomic mass is 16.3. The smallest absolute Gasteiger partial charge is 0.209 e. The minimum atomic E-state index is 0.0457. The Morgan fingerprint density at radius 3 is 2.38 bits per heavy atom. The molecule has 0 spiro atoms. The van der Waals surface area contributed by atoms with Crippen molar-refractivity contribution in [1.82, 2.24) is 19.4 Å². The van der Waals surface area contributed by atoms with Crippen LogP contribution in [0.5, 0.6) is 5.75 Å². The number of pyridine rings is 1. The average molecular weight is 540 g/mol. The number of unbranched alkanes of at least 4 members (excludes halogenated alkanes) is 1. The van der Waals surface area contributed by atoms with Crippen molar-refractivity contribution in [2.75, 3.05) is 25.4 Å². The van der Waals surface area contributed by atoms with Crippen LogP contribution in [0.15, 0.2) is 24.3 Å². The van der Waals surface area contributed by atoms with E-state index in [0.717, 1.165) is 85.3 Å². The van der Waals surface area contributed by atoms with Gasteiger partial charge in [0.15, 0.2) is 5.82 Å². The van der Waals surface area contributed by atoms with Crippen LogP contribution in [-0.2, 0) is 24.7 Å². The molecule has 0 aliphatic heterocycles. The molecule has 0 bridgehead atoms. The molecule has 8 nitrogen and oxygen atoms in total. The summed E-state index contributed by atoms with van der Waals surface area (Å²) in [5, 5.41) is 19.5. The maximum atomic E-state index is 10.2. The number of aryl methyl sites for hydroxylation is 2. The van der Waals surface area contributed by atoms with Gasteiger partial charge in [-0.2, -0.15) is 0 Å². The Labute approximate surface area is 234 Å². The minimum absolute atomic E-state index is 0.0457. The fourth-order valence-corrected chi connectivity index (χ4v) is 4.43. The van der Waals surface area contributed by atoms with E-state index in [-0.39, 0.29) is 12.4 Å². The standard InChI is InChI=1S/C20H22N4O2.C7H15NO.2C2H6/c1-24-17(9-10-25)23-18-19(24)14-7-4-5-12(11-15(14)22-20(18)21)13-6-2-3-8-16(13)26;1-3-5-6-8(4-2)7-9;2*1-2/h2-3,6,8,11,25-26H,4-5,7,9-10H2,1H3,(H2,21,22);7H,3-6H2,1-2H3;2*1-2H3. The molecule has 2 heterocycles. The van der Waals surface area contributed by atoms with Gasteiger partial charge in [-0.25, -0.2) is 9.97 Å². The lowest BCUT2D eigenvalue weighted by Crippen LogP contribution is -2.22. The third-order valence-electron chi connectivity index (χ3n) is 6.39. The van der Waals surface area contributed by atoms with Crippen LogP contribution in [0, 0.1) is 0 Å². The first kappa shape index (κ1) is 33.6. The highest BCUT2D eigenvalue weighted by Crippen LogP contribution is 2.36. The molecule has 2 aromatic heterocycles. The summed E-state index contributed by atoms with van der Waals surface area (Å²) in [7, 11) is 1.96. The molecule has 0 unspecified atom stereocenters. The lowest BCUT2D eigenvalue weighted by atomic mass is 10.0. The summed E-state index contributed by atoms with van der Waals surface area (Å²) < 4.78 is 2.02. The van der Waals surface area contributed by atoms with E-state index >= 15 is 0 Å². The Balaban J connectivity index is 0.000000498. The van der Waals surface area contributed by atoms with E-state index in [0.29, 0.717) is 17.8 Å². The largest absolute Gasteiger partial charge is 0.507 e. The predicted octanol–water partition coefficient (Wildman–Crippen LogP) is 5.99. The van der Waals surface area contributed by atoms with Gasteiger partial charge < -0.3 is 25.4 Å². The van der Waals surface area contributed by atoms with Gasteiger partial charge in [-0.3, -0.25) is 4.79 Å². The normalized spacial score (nSPS) is 11.8. The van der Waals surface area contributed by atoms with E-state index in [4.69, 9.17) is 5.73 Å². The molecule has 0 fully saturated rings. The van der Waals surface area contributed by atoms with Gasteiger partial charge >= 0.3 is 0 Å². The molecule has 39 heavy (non-hydrogen) atoms. The summed E-state index contributed by atoms with van der Waals surface area (Å²) in [6.07, 6.45) is 8.38. The third kappa shape index (κ3) is 8.82. The molecule has 8 heteroatoms. The predicted molar refractivity (Wildman–Crippen MR) is 164 cm³/mol. The summed E-state index contributed by atoms with van der Waals surface area (Å²) in [5.41, 5.74) is 11.8. The number of carbonyl (C=O) groups excluding carboxylic acids is 1. The fourth-order valence-electron chi connectivity index (χ4n) is 4.43. The summed E-state index contributed by atoms with van der Waals surface area (Å²) in [6, 6.07) is 7.38. The molecule has 4 rings (SSSR count). The molecule has 1 aliphatic carbocycles. The van der Waals surface area contributed by atoms with Crippen molar-refractivity contribution in [1.29, 1.82) is 0 Å². The zero-order chi connectivity index (χ0) is 29.4.